The first kappa shape index (κ1) is 21.8. The topological polar surface area (TPSA) is 65.8 Å². The molecule has 5 rings (SSSR count). The lowest BCUT2D eigenvalue weighted by Gasteiger charge is -2.44. The van der Waals surface area contributed by atoms with Gasteiger partial charge in [0.2, 0.25) is 0 Å². The van der Waals surface area contributed by atoms with Gasteiger partial charge in [-0.05, 0) is 62.6 Å². The number of aliphatic hydroxyl groups is 1. The molecular weight excluding hydrogens is 436 g/mol. The van der Waals surface area contributed by atoms with Crippen LogP contribution in [-0.2, 0) is 16.8 Å². The van der Waals surface area contributed by atoms with Crippen molar-refractivity contribution in [3.05, 3.63) is 48.0 Å². The first-order chi connectivity index (χ1) is 15.2. The minimum atomic E-state index is -3.63. The third-order valence-electron chi connectivity index (χ3n) is 6.70. The Morgan fingerprint density at radius 1 is 0.969 bits per heavy atom. The van der Waals surface area contributed by atoms with E-state index in [4.69, 9.17) is 0 Å². The molecule has 172 valence electrons. The molecule has 0 spiro atoms. The molecule has 6 nitrogen and oxygen atoms in total. The molecule has 1 N–H and O–H groups in total. The molecule has 1 saturated heterocycles. The Hall–Kier alpha value is -2.07. The van der Waals surface area contributed by atoms with Gasteiger partial charge in [-0.15, -0.1) is 0 Å². The lowest BCUT2D eigenvalue weighted by atomic mass is 9.93. The minimum Gasteiger partial charge on any atom is -0.387 e. The van der Waals surface area contributed by atoms with Crippen molar-refractivity contribution in [3.63, 3.8) is 0 Å². The van der Waals surface area contributed by atoms with Crippen molar-refractivity contribution in [2.24, 2.45) is 0 Å². The largest absolute Gasteiger partial charge is 0.387 e. The van der Waals surface area contributed by atoms with Gasteiger partial charge in [0.05, 0.1) is 12.1 Å². The number of nitrogens with zero attached hydrogens (tertiary/aromatic N) is 3. The zero-order valence-corrected chi connectivity index (χ0v) is 18.8. The number of hydrogen-bond acceptors (Lipinski definition) is 3. The van der Waals surface area contributed by atoms with Gasteiger partial charge in [0.15, 0.2) is 0 Å². The van der Waals surface area contributed by atoms with E-state index < -0.39 is 27.4 Å². The number of β-amino-alcohol motifs (C(OH)–C–C–N with tert-alkyl or cyclic N) is 1. The molecule has 1 aliphatic carbocycles. The van der Waals surface area contributed by atoms with Gasteiger partial charge >= 0.3 is 0 Å². The Balaban J connectivity index is 1.48. The van der Waals surface area contributed by atoms with Gasteiger partial charge in [0.25, 0.3) is 10.2 Å². The minimum absolute atomic E-state index is 0.0535. The molecule has 0 bridgehead atoms. The van der Waals surface area contributed by atoms with Crippen LogP contribution in [0.25, 0.3) is 21.8 Å². The van der Waals surface area contributed by atoms with Crippen molar-refractivity contribution >= 4 is 32.0 Å². The first-order valence-corrected chi connectivity index (χ1v) is 12.4. The first-order valence-electron chi connectivity index (χ1n) is 11.0. The molecule has 1 saturated carbocycles. The fourth-order valence-corrected chi connectivity index (χ4v) is 7.02. The van der Waals surface area contributed by atoms with Crippen LogP contribution in [0, 0.1) is 11.6 Å². The molecule has 0 radical (unpaired) electrons. The van der Waals surface area contributed by atoms with Crippen LogP contribution >= 0.6 is 0 Å². The molecule has 1 aromatic heterocycles. The zero-order valence-electron chi connectivity index (χ0n) is 18.0. The summed E-state index contributed by atoms with van der Waals surface area (Å²) in [5.41, 5.74) is -0.0769. The second-order valence-corrected chi connectivity index (χ2v) is 11.2. The summed E-state index contributed by atoms with van der Waals surface area (Å²) in [4.78, 5) is 0. The van der Waals surface area contributed by atoms with Crippen LogP contribution in [0.15, 0.2) is 36.4 Å². The van der Waals surface area contributed by atoms with Crippen LogP contribution in [0.1, 0.15) is 32.6 Å². The summed E-state index contributed by atoms with van der Waals surface area (Å²) in [6, 6.07) is 8.64. The summed E-state index contributed by atoms with van der Waals surface area (Å²) in [6.07, 6.45) is 3.54. The molecule has 1 unspecified atom stereocenters. The summed E-state index contributed by atoms with van der Waals surface area (Å²) in [5, 5.41) is 12.4. The van der Waals surface area contributed by atoms with E-state index in [1.807, 2.05) is 4.57 Å². The van der Waals surface area contributed by atoms with Crippen LogP contribution in [0.5, 0.6) is 0 Å². The number of hydrogen-bond donors (Lipinski definition) is 1. The molecule has 2 aliphatic rings. The highest BCUT2D eigenvalue weighted by Crippen LogP contribution is 2.34. The van der Waals surface area contributed by atoms with Crippen LogP contribution in [0.4, 0.5) is 8.78 Å². The van der Waals surface area contributed by atoms with Crippen molar-refractivity contribution in [1.29, 1.82) is 0 Å². The average molecular weight is 464 g/mol. The second-order valence-electron chi connectivity index (χ2n) is 9.30. The lowest BCUT2D eigenvalue weighted by Crippen LogP contribution is -2.58. The summed E-state index contributed by atoms with van der Waals surface area (Å²) < 4.78 is 59.0. The number of fused-ring (bicyclic) bond motifs is 3. The molecule has 0 amide bonds. The van der Waals surface area contributed by atoms with Crippen molar-refractivity contribution in [1.82, 2.24) is 13.2 Å². The molecule has 1 atom stereocenters. The second kappa shape index (κ2) is 7.76. The third-order valence-corrected chi connectivity index (χ3v) is 8.73. The van der Waals surface area contributed by atoms with E-state index in [2.05, 4.69) is 0 Å². The highest BCUT2D eigenvalue weighted by atomic mass is 32.2. The van der Waals surface area contributed by atoms with Crippen LogP contribution < -0.4 is 0 Å². The van der Waals surface area contributed by atoms with Crippen molar-refractivity contribution in [2.75, 3.05) is 19.6 Å². The molecule has 2 fully saturated rings. The Bertz CT molecular complexity index is 1230. The summed E-state index contributed by atoms with van der Waals surface area (Å²) in [6.45, 7) is 2.53. The van der Waals surface area contributed by atoms with Gasteiger partial charge in [-0.3, -0.25) is 0 Å². The summed E-state index contributed by atoms with van der Waals surface area (Å²) in [5.74, 6) is -0.855. The van der Waals surface area contributed by atoms with E-state index in [1.165, 1.54) is 28.6 Å². The van der Waals surface area contributed by atoms with Crippen molar-refractivity contribution < 1.29 is 22.3 Å². The summed E-state index contributed by atoms with van der Waals surface area (Å²) >= 11 is 0. The van der Waals surface area contributed by atoms with Crippen molar-refractivity contribution in [2.45, 2.75) is 50.8 Å². The maximum atomic E-state index is 13.9. The highest BCUT2D eigenvalue weighted by Gasteiger charge is 2.42. The number of rotatable bonds is 5. The Labute approximate surface area is 186 Å². The molecule has 9 heteroatoms. The molecule has 2 heterocycles. The van der Waals surface area contributed by atoms with Crippen LogP contribution in [0.3, 0.4) is 0 Å². The number of halogens is 2. The molecular formula is C23H27F2N3O3S. The van der Waals surface area contributed by atoms with Gasteiger partial charge in [-0.25, -0.2) is 8.78 Å². The van der Waals surface area contributed by atoms with Gasteiger partial charge < -0.3 is 9.67 Å². The zero-order chi connectivity index (χ0) is 22.7. The van der Waals surface area contributed by atoms with E-state index in [9.17, 15) is 22.3 Å². The maximum Gasteiger partial charge on any atom is 0.282 e. The van der Waals surface area contributed by atoms with Gasteiger partial charge in [0.1, 0.15) is 11.6 Å². The predicted octanol–water partition coefficient (Wildman–Crippen LogP) is 3.63. The van der Waals surface area contributed by atoms with Crippen LogP contribution in [-0.4, -0.2) is 58.0 Å². The standard InChI is InChI=1S/C23H27F2N3O3S/c1-23(29,14-26-10-3-11-28(32(26,30)31)18-4-2-5-18)15-27-21-8-6-16(24)12-19(21)20-13-17(25)7-9-22(20)27/h6-9,12-13,18,29H,2-5,10-11,14-15H2,1H3. The van der Waals surface area contributed by atoms with Gasteiger partial charge in [-0.1, -0.05) is 6.42 Å². The van der Waals surface area contributed by atoms with E-state index >= 15 is 0 Å². The van der Waals surface area contributed by atoms with Gasteiger partial charge in [0, 0.05) is 47.5 Å². The van der Waals surface area contributed by atoms with Crippen LogP contribution in [0.2, 0.25) is 0 Å². The normalized spacial score (nSPS) is 22.2. The van der Waals surface area contributed by atoms with E-state index in [1.54, 1.807) is 23.4 Å². The monoisotopic (exact) mass is 463 g/mol. The average Bonchev–Trinajstić information content (AvgIpc) is 2.95. The van der Waals surface area contributed by atoms with Crippen molar-refractivity contribution in [3.8, 4) is 0 Å². The molecule has 3 aromatic rings. The quantitative estimate of drug-likeness (QED) is 0.629. The lowest BCUT2D eigenvalue weighted by molar-refractivity contribution is 0.0205. The molecule has 1 aliphatic heterocycles. The van der Waals surface area contributed by atoms with E-state index in [0.29, 0.717) is 34.9 Å². The third kappa shape index (κ3) is 3.71. The van der Waals surface area contributed by atoms with Gasteiger partial charge in [-0.2, -0.15) is 17.0 Å². The molecule has 2 aromatic carbocycles. The maximum absolute atomic E-state index is 13.9. The SMILES string of the molecule is CC(O)(CN1CCCN(C2CCC2)S1(=O)=O)Cn1c2ccc(F)cc2c2cc(F)ccc21. The fraction of sp³-hybridized carbons (Fsp3) is 0.478. The Kier molecular flexibility index (Phi) is 5.28. The fourth-order valence-electron chi connectivity index (χ4n) is 4.98. The number of benzene rings is 2. The molecule has 32 heavy (non-hydrogen) atoms. The Morgan fingerprint density at radius 3 is 2.09 bits per heavy atom. The number of aromatic nitrogens is 1. The van der Waals surface area contributed by atoms with E-state index in [0.717, 1.165) is 25.7 Å². The predicted molar refractivity (Wildman–Crippen MR) is 119 cm³/mol. The van der Waals surface area contributed by atoms with E-state index in [-0.39, 0.29) is 19.1 Å². The Morgan fingerprint density at radius 2 is 1.56 bits per heavy atom. The smallest absolute Gasteiger partial charge is 0.282 e. The summed E-state index contributed by atoms with van der Waals surface area (Å²) in [7, 11) is -3.63. The highest BCUT2D eigenvalue weighted by molar-refractivity contribution is 7.86.